The molecule has 1 aliphatic carbocycles. The zero-order valence-corrected chi connectivity index (χ0v) is 22.1. The van der Waals surface area contributed by atoms with E-state index in [1.807, 2.05) is 33.8 Å². The van der Waals surface area contributed by atoms with E-state index in [-0.39, 0.29) is 24.2 Å². The summed E-state index contributed by atoms with van der Waals surface area (Å²) >= 11 is 0. The summed E-state index contributed by atoms with van der Waals surface area (Å²) in [5.41, 5.74) is 4.12. The van der Waals surface area contributed by atoms with E-state index in [9.17, 15) is 18.4 Å². The van der Waals surface area contributed by atoms with Crippen molar-refractivity contribution in [3.05, 3.63) is 93.8 Å². The molecule has 4 aromatic rings. The lowest BCUT2D eigenvalue weighted by Crippen LogP contribution is -2.25. The molecule has 0 bridgehead atoms. The van der Waals surface area contributed by atoms with E-state index in [1.54, 1.807) is 28.9 Å². The fourth-order valence-electron chi connectivity index (χ4n) is 4.82. The van der Waals surface area contributed by atoms with E-state index >= 15 is 0 Å². The number of anilines is 1. The highest BCUT2D eigenvalue weighted by atomic mass is 19.2. The number of nitrogens with zero attached hydrogens (tertiary/aromatic N) is 3. The van der Waals surface area contributed by atoms with Crippen molar-refractivity contribution in [3.8, 4) is 0 Å². The third-order valence-electron chi connectivity index (χ3n) is 6.66. The first-order chi connectivity index (χ1) is 18.5. The topological polar surface area (TPSA) is 97.6 Å². The number of nitrogens with one attached hydrogen (secondary N) is 2. The van der Waals surface area contributed by atoms with Crippen LogP contribution in [0.15, 0.2) is 48.7 Å². The van der Waals surface area contributed by atoms with Crippen molar-refractivity contribution >= 4 is 23.3 Å². The zero-order valence-electron chi connectivity index (χ0n) is 22.1. The molecule has 5 rings (SSSR count). The quantitative estimate of drug-likeness (QED) is 0.327. The molecule has 0 spiro atoms. The molecule has 0 unspecified atom stereocenters. The average Bonchev–Trinajstić information content (AvgIpc) is 3.51. The van der Waals surface area contributed by atoms with Crippen LogP contribution in [0.25, 0.3) is 5.65 Å². The third-order valence-corrected chi connectivity index (χ3v) is 6.66. The number of aromatic nitrogens is 3. The second-order valence-corrected chi connectivity index (χ2v) is 10.6. The van der Waals surface area contributed by atoms with Crippen molar-refractivity contribution in [3.63, 3.8) is 0 Å². The van der Waals surface area contributed by atoms with Crippen LogP contribution in [0.4, 0.5) is 14.6 Å². The first-order valence-corrected chi connectivity index (χ1v) is 12.7. The van der Waals surface area contributed by atoms with Crippen LogP contribution in [0.1, 0.15) is 76.3 Å². The lowest BCUT2D eigenvalue weighted by Gasteiger charge is -2.21. The Bertz CT molecular complexity index is 1590. The number of fused-ring (bicyclic) bond motifs is 2. The van der Waals surface area contributed by atoms with E-state index in [1.165, 1.54) is 6.07 Å². The van der Waals surface area contributed by atoms with Crippen LogP contribution in [0.5, 0.6) is 0 Å². The number of hydrogen-bond acceptors (Lipinski definition) is 6. The maximum Gasteiger partial charge on any atom is 0.338 e. The van der Waals surface area contributed by atoms with Crippen molar-refractivity contribution in [1.82, 2.24) is 19.9 Å². The smallest absolute Gasteiger partial charge is 0.338 e. The highest BCUT2D eigenvalue weighted by Gasteiger charge is 2.28. The van der Waals surface area contributed by atoms with Crippen LogP contribution in [0.2, 0.25) is 0 Å². The van der Waals surface area contributed by atoms with Crippen LogP contribution in [0, 0.1) is 18.6 Å². The number of esters is 1. The Morgan fingerprint density at radius 1 is 1.10 bits per heavy atom. The molecule has 0 radical (unpaired) electrons. The summed E-state index contributed by atoms with van der Waals surface area (Å²) in [7, 11) is 0. The van der Waals surface area contributed by atoms with Crippen molar-refractivity contribution in [1.29, 1.82) is 0 Å². The van der Waals surface area contributed by atoms with Gasteiger partial charge in [-0.2, -0.15) is 9.61 Å². The minimum atomic E-state index is -0.975. The number of hydrogen-bond donors (Lipinski definition) is 2. The molecule has 2 aromatic heterocycles. The van der Waals surface area contributed by atoms with Crippen LogP contribution < -0.4 is 10.6 Å². The Labute approximate surface area is 224 Å². The zero-order chi connectivity index (χ0) is 27.9. The number of amides is 1. The van der Waals surface area contributed by atoms with Crippen molar-refractivity contribution in [2.45, 2.75) is 58.7 Å². The Kier molecular flexibility index (Phi) is 6.80. The molecule has 0 saturated heterocycles. The molecule has 0 aliphatic heterocycles. The van der Waals surface area contributed by atoms with Crippen LogP contribution in [0.3, 0.4) is 0 Å². The molecular weight excluding hydrogens is 504 g/mol. The number of ether oxygens (including phenoxy) is 1. The fourth-order valence-corrected chi connectivity index (χ4v) is 4.82. The Hall–Kier alpha value is -4.34. The Balaban J connectivity index is 1.37. The molecule has 202 valence electrons. The summed E-state index contributed by atoms with van der Waals surface area (Å²) in [6.07, 6.45) is 3.16. The normalized spacial score (nSPS) is 14.8. The van der Waals surface area contributed by atoms with Gasteiger partial charge >= 0.3 is 5.97 Å². The van der Waals surface area contributed by atoms with Crippen molar-refractivity contribution < 1.29 is 23.1 Å². The molecule has 39 heavy (non-hydrogen) atoms. The number of carbonyl (C=O) groups is 2. The van der Waals surface area contributed by atoms with Gasteiger partial charge in [-0.3, -0.25) is 4.79 Å². The van der Waals surface area contributed by atoms with Gasteiger partial charge < -0.3 is 15.4 Å². The molecule has 1 aliphatic rings. The molecule has 2 N–H and O–H groups in total. The predicted octanol–water partition coefficient (Wildman–Crippen LogP) is 5.30. The monoisotopic (exact) mass is 533 g/mol. The van der Waals surface area contributed by atoms with Gasteiger partial charge in [0.2, 0.25) is 0 Å². The lowest BCUT2D eigenvalue weighted by atomic mass is 9.97. The summed E-state index contributed by atoms with van der Waals surface area (Å²) in [4.78, 5) is 30.0. The van der Waals surface area contributed by atoms with Crippen LogP contribution in [-0.4, -0.2) is 32.1 Å². The van der Waals surface area contributed by atoms with Gasteiger partial charge in [0.1, 0.15) is 17.1 Å². The fraction of sp³-hybridized carbons (Fsp3) is 0.310. The van der Waals surface area contributed by atoms with E-state index in [0.29, 0.717) is 22.6 Å². The minimum absolute atomic E-state index is 0.0141. The molecule has 8 nitrogen and oxygen atoms in total. The highest BCUT2D eigenvalue weighted by Crippen LogP contribution is 2.37. The summed E-state index contributed by atoms with van der Waals surface area (Å²) in [6, 6.07) is 10.5. The van der Waals surface area contributed by atoms with E-state index < -0.39 is 23.1 Å². The first kappa shape index (κ1) is 26.3. The molecule has 2 aromatic carbocycles. The summed E-state index contributed by atoms with van der Waals surface area (Å²) in [5.74, 6) is -2.15. The van der Waals surface area contributed by atoms with E-state index in [0.717, 1.165) is 41.7 Å². The van der Waals surface area contributed by atoms with Gasteiger partial charge in [-0.25, -0.2) is 18.6 Å². The molecule has 0 saturated carbocycles. The van der Waals surface area contributed by atoms with E-state index in [2.05, 4.69) is 20.7 Å². The predicted molar refractivity (Wildman–Crippen MR) is 142 cm³/mol. The summed E-state index contributed by atoms with van der Waals surface area (Å²) in [5, 5.41) is 10.5. The number of rotatable bonds is 6. The Morgan fingerprint density at radius 2 is 1.90 bits per heavy atom. The van der Waals surface area contributed by atoms with Crippen LogP contribution >= 0.6 is 0 Å². The molecular formula is C29H29F2N5O3. The van der Waals surface area contributed by atoms with E-state index in [4.69, 9.17) is 4.74 Å². The van der Waals surface area contributed by atoms with Gasteiger partial charge in [-0.1, -0.05) is 12.1 Å². The second-order valence-electron chi connectivity index (χ2n) is 10.6. The van der Waals surface area contributed by atoms with Crippen molar-refractivity contribution in [2.75, 3.05) is 5.32 Å². The SMILES string of the molecule is Cc1c(C(=O)OC(C)(C)C)ccc2c1CC[C@@H]2Nc1cc(C(=O)NCc2ccc(F)c(F)c2)nc2ccnn12. The van der Waals surface area contributed by atoms with Crippen molar-refractivity contribution in [2.24, 2.45) is 0 Å². The van der Waals surface area contributed by atoms with Crippen LogP contribution in [-0.2, 0) is 17.7 Å². The standard InChI is InChI=1S/C29H29F2N5O3/c1-16-18-8-10-23(20(18)7-6-19(16)28(38)39-29(2,3)4)34-26-14-24(35-25-11-12-33-36(25)26)27(37)32-15-17-5-9-21(30)22(31)13-17/h5-7,9,11-14,23,34H,8,10,15H2,1-4H3,(H,32,37)/t23-/m0/s1. The minimum Gasteiger partial charge on any atom is -0.456 e. The summed E-state index contributed by atoms with van der Waals surface area (Å²) in [6.45, 7) is 7.48. The molecule has 1 amide bonds. The largest absolute Gasteiger partial charge is 0.456 e. The molecule has 0 fully saturated rings. The maximum atomic E-state index is 13.5. The molecule has 2 heterocycles. The lowest BCUT2D eigenvalue weighted by molar-refractivity contribution is 0.00685. The van der Waals surface area contributed by atoms with Gasteiger partial charge in [0.05, 0.1) is 17.8 Å². The van der Waals surface area contributed by atoms with Gasteiger partial charge in [0.15, 0.2) is 17.3 Å². The van der Waals surface area contributed by atoms with Gasteiger partial charge in [0.25, 0.3) is 5.91 Å². The maximum absolute atomic E-state index is 13.5. The van der Waals surface area contributed by atoms with Gasteiger partial charge in [-0.05, 0) is 81.0 Å². The first-order valence-electron chi connectivity index (χ1n) is 12.7. The third kappa shape index (κ3) is 5.45. The summed E-state index contributed by atoms with van der Waals surface area (Å²) < 4.78 is 33.9. The Morgan fingerprint density at radius 3 is 2.64 bits per heavy atom. The number of halogens is 2. The van der Waals surface area contributed by atoms with Gasteiger partial charge in [0, 0.05) is 18.7 Å². The van der Waals surface area contributed by atoms with Gasteiger partial charge in [-0.15, -0.1) is 0 Å². The highest BCUT2D eigenvalue weighted by molar-refractivity contribution is 5.93. The molecule has 1 atom stereocenters. The number of benzene rings is 2. The number of carbonyl (C=O) groups excluding carboxylic acids is 2. The second kappa shape index (κ2) is 10.1. The average molecular weight is 534 g/mol. The molecule has 10 heteroatoms.